The number of carbonyl (C=O) groups excluding carboxylic acids is 2. The molecule has 3 rings (SSSR count). The SMILES string of the molecule is CC(C)NC(=O)[C@H](Cc1ccccc1)N(Cc1ccccc1)C(=O)COc1ccccc1F. The Kier molecular flexibility index (Phi) is 8.58. The first-order valence-corrected chi connectivity index (χ1v) is 11.0. The second kappa shape index (κ2) is 11.8. The Labute approximate surface area is 194 Å². The summed E-state index contributed by atoms with van der Waals surface area (Å²) in [6.45, 7) is 3.60. The van der Waals surface area contributed by atoms with E-state index in [1.54, 1.807) is 12.1 Å². The maximum Gasteiger partial charge on any atom is 0.261 e. The number of amides is 2. The van der Waals surface area contributed by atoms with Crippen molar-refractivity contribution in [1.82, 2.24) is 10.2 Å². The molecule has 0 unspecified atom stereocenters. The maximum atomic E-state index is 14.0. The minimum atomic E-state index is -0.758. The number of para-hydroxylation sites is 1. The molecular weight excluding hydrogens is 419 g/mol. The predicted molar refractivity (Wildman–Crippen MR) is 126 cm³/mol. The topological polar surface area (TPSA) is 58.6 Å². The van der Waals surface area contributed by atoms with Gasteiger partial charge in [0.1, 0.15) is 6.04 Å². The smallest absolute Gasteiger partial charge is 0.261 e. The van der Waals surface area contributed by atoms with E-state index in [0.717, 1.165) is 11.1 Å². The lowest BCUT2D eigenvalue weighted by molar-refractivity contribution is -0.143. The number of rotatable bonds is 10. The van der Waals surface area contributed by atoms with Crippen molar-refractivity contribution in [2.24, 2.45) is 0 Å². The molecule has 3 aromatic carbocycles. The third-order valence-electron chi connectivity index (χ3n) is 5.09. The molecule has 172 valence electrons. The molecule has 0 aromatic heterocycles. The van der Waals surface area contributed by atoms with Gasteiger partial charge in [0.2, 0.25) is 5.91 Å². The average molecular weight is 449 g/mol. The van der Waals surface area contributed by atoms with Crippen LogP contribution in [0, 0.1) is 5.82 Å². The molecule has 0 fully saturated rings. The fraction of sp³-hybridized carbons (Fsp3) is 0.259. The molecule has 0 aliphatic carbocycles. The number of carbonyl (C=O) groups is 2. The van der Waals surface area contributed by atoms with Crippen LogP contribution in [0.1, 0.15) is 25.0 Å². The van der Waals surface area contributed by atoms with Crippen molar-refractivity contribution in [3.63, 3.8) is 0 Å². The van der Waals surface area contributed by atoms with Gasteiger partial charge in [-0.05, 0) is 37.1 Å². The van der Waals surface area contributed by atoms with E-state index >= 15 is 0 Å². The minimum Gasteiger partial charge on any atom is -0.481 e. The lowest BCUT2D eigenvalue weighted by Gasteiger charge is -2.32. The van der Waals surface area contributed by atoms with E-state index in [1.807, 2.05) is 74.5 Å². The van der Waals surface area contributed by atoms with Crippen molar-refractivity contribution in [2.75, 3.05) is 6.61 Å². The molecule has 0 saturated heterocycles. The van der Waals surface area contributed by atoms with Crippen LogP contribution < -0.4 is 10.1 Å². The average Bonchev–Trinajstić information content (AvgIpc) is 2.81. The Hall–Kier alpha value is -3.67. The first-order valence-electron chi connectivity index (χ1n) is 11.0. The molecular formula is C27H29FN2O3. The van der Waals surface area contributed by atoms with Gasteiger partial charge in [0.25, 0.3) is 5.91 Å². The molecule has 3 aromatic rings. The summed E-state index contributed by atoms with van der Waals surface area (Å²) in [7, 11) is 0. The Bertz CT molecular complexity index is 1040. The minimum absolute atomic E-state index is 0.00301. The summed E-state index contributed by atoms with van der Waals surface area (Å²) in [5.41, 5.74) is 1.81. The van der Waals surface area contributed by atoms with Crippen molar-refractivity contribution in [2.45, 2.75) is 38.9 Å². The first kappa shape index (κ1) is 24.0. The molecule has 0 spiro atoms. The van der Waals surface area contributed by atoms with Gasteiger partial charge in [-0.15, -0.1) is 0 Å². The van der Waals surface area contributed by atoms with Gasteiger partial charge in [0.15, 0.2) is 18.2 Å². The summed E-state index contributed by atoms with van der Waals surface area (Å²) in [4.78, 5) is 28.1. The molecule has 0 aliphatic rings. The van der Waals surface area contributed by atoms with Gasteiger partial charge in [0, 0.05) is 19.0 Å². The van der Waals surface area contributed by atoms with E-state index in [1.165, 1.54) is 17.0 Å². The van der Waals surface area contributed by atoms with Gasteiger partial charge in [-0.1, -0.05) is 72.8 Å². The Morgan fingerprint density at radius 1 is 0.879 bits per heavy atom. The Morgan fingerprint density at radius 2 is 1.45 bits per heavy atom. The van der Waals surface area contributed by atoms with Crippen LogP contribution in [0.3, 0.4) is 0 Å². The molecule has 0 radical (unpaired) electrons. The van der Waals surface area contributed by atoms with Gasteiger partial charge < -0.3 is 15.0 Å². The fourth-order valence-electron chi connectivity index (χ4n) is 3.50. The van der Waals surface area contributed by atoms with Crippen LogP contribution in [-0.2, 0) is 22.6 Å². The van der Waals surface area contributed by atoms with E-state index in [4.69, 9.17) is 4.74 Å². The highest BCUT2D eigenvalue weighted by Crippen LogP contribution is 2.18. The summed E-state index contributed by atoms with van der Waals surface area (Å²) in [6, 6.07) is 24.1. The number of hydrogen-bond donors (Lipinski definition) is 1. The first-order chi connectivity index (χ1) is 15.9. The second-order valence-electron chi connectivity index (χ2n) is 8.10. The van der Waals surface area contributed by atoms with Crippen LogP contribution in [0.15, 0.2) is 84.9 Å². The van der Waals surface area contributed by atoms with Gasteiger partial charge in [-0.2, -0.15) is 0 Å². The van der Waals surface area contributed by atoms with Crippen LogP contribution in [0.4, 0.5) is 4.39 Å². The summed E-state index contributed by atoms with van der Waals surface area (Å²) in [6.07, 6.45) is 0.345. The van der Waals surface area contributed by atoms with Crippen molar-refractivity contribution >= 4 is 11.8 Å². The molecule has 1 N–H and O–H groups in total. The number of halogens is 1. The highest BCUT2D eigenvalue weighted by atomic mass is 19.1. The predicted octanol–water partition coefficient (Wildman–Crippen LogP) is 4.37. The van der Waals surface area contributed by atoms with Crippen molar-refractivity contribution in [1.29, 1.82) is 0 Å². The number of nitrogens with one attached hydrogen (secondary N) is 1. The van der Waals surface area contributed by atoms with Crippen molar-refractivity contribution in [3.8, 4) is 5.75 Å². The largest absolute Gasteiger partial charge is 0.481 e. The molecule has 1 atom stereocenters. The number of ether oxygens (including phenoxy) is 1. The number of benzene rings is 3. The molecule has 0 heterocycles. The Morgan fingerprint density at radius 3 is 2.06 bits per heavy atom. The summed E-state index contributed by atoms with van der Waals surface area (Å²) in [5.74, 6) is -1.19. The summed E-state index contributed by atoms with van der Waals surface area (Å²) in [5, 5.41) is 2.93. The van der Waals surface area contributed by atoms with Crippen LogP contribution >= 0.6 is 0 Å². The molecule has 0 aliphatic heterocycles. The van der Waals surface area contributed by atoms with Crippen molar-refractivity contribution in [3.05, 3.63) is 102 Å². The van der Waals surface area contributed by atoms with Gasteiger partial charge in [-0.3, -0.25) is 9.59 Å². The van der Waals surface area contributed by atoms with E-state index in [0.29, 0.717) is 6.42 Å². The highest BCUT2D eigenvalue weighted by molar-refractivity contribution is 5.88. The van der Waals surface area contributed by atoms with Crippen LogP contribution in [0.25, 0.3) is 0 Å². The molecule has 6 heteroatoms. The molecule has 33 heavy (non-hydrogen) atoms. The van der Waals surface area contributed by atoms with Crippen molar-refractivity contribution < 1.29 is 18.7 Å². The Balaban J connectivity index is 1.89. The number of hydrogen-bond acceptors (Lipinski definition) is 3. The summed E-state index contributed by atoms with van der Waals surface area (Å²) < 4.78 is 19.5. The zero-order valence-corrected chi connectivity index (χ0v) is 18.9. The third kappa shape index (κ3) is 7.17. The lowest BCUT2D eigenvalue weighted by atomic mass is 10.0. The van der Waals surface area contributed by atoms with Crippen LogP contribution in [0.2, 0.25) is 0 Å². The zero-order valence-electron chi connectivity index (χ0n) is 18.9. The third-order valence-corrected chi connectivity index (χ3v) is 5.09. The van der Waals surface area contributed by atoms with Crippen LogP contribution in [-0.4, -0.2) is 35.4 Å². The van der Waals surface area contributed by atoms with E-state index in [-0.39, 0.29) is 30.9 Å². The molecule has 2 amide bonds. The monoisotopic (exact) mass is 448 g/mol. The molecule has 0 bridgehead atoms. The van der Waals surface area contributed by atoms with Gasteiger partial charge in [0.05, 0.1) is 0 Å². The van der Waals surface area contributed by atoms with Gasteiger partial charge in [-0.25, -0.2) is 4.39 Å². The fourth-order valence-corrected chi connectivity index (χ4v) is 3.50. The zero-order chi connectivity index (χ0) is 23.6. The van der Waals surface area contributed by atoms with Crippen LogP contribution in [0.5, 0.6) is 5.75 Å². The molecule has 5 nitrogen and oxygen atoms in total. The molecule has 0 saturated carbocycles. The number of nitrogens with zero attached hydrogens (tertiary/aromatic N) is 1. The van der Waals surface area contributed by atoms with E-state index < -0.39 is 17.8 Å². The summed E-state index contributed by atoms with van der Waals surface area (Å²) >= 11 is 0. The maximum absolute atomic E-state index is 14.0. The van der Waals surface area contributed by atoms with E-state index in [9.17, 15) is 14.0 Å². The normalized spacial score (nSPS) is 11.6. The second-order valence-corrected chi connectivity index (χ2v) is 8.10. The van der Waals surface area contributed by atoms with Gasteiger partial charge >= 0.3 is 0 Å². The standard InChI is InChI=1S/C27H29FN2O3/c1-20(2)29-27(32)24(17-21-11-5-3-6-12-21)30(18-22-13-7-4-8-14-22)26(31)19-33-25-16-10-9-15-23(25)28/h3-16,20,24H,17-19H2,1-2H3,(H,29,32)/t24-/m0/s1. The van der Waals surface area contributed by atoms with E-state index in [2.05, 4.69) is 5.32 Å². The lowest BCUT2D eigenvalue weighted by Crippen LogP contribution is -2.52. The highest BCUT2D eigenvalue weighted by Gasteiger charge is 2.31. The quantitative estimate of drug-likeness (QED) is 0.501.